The fourth-order valence-electron chi connectivity index (χ4n) is 3.46. The van der Waals surface area contributed by atoms with Crippen molar-refractivity contribution in [2.24, 2.45) is 0 Å². The topological polar surface area (TPSA) is 152 Å². The van der Waals surface area contributed by atoms with Gasteiger partial charge in [0.25, 0.3) is 0 Å². The van der Waals surface area contributed by atoms with E-state index in [1.807, 2.05) is 0 Å². The quantitative estimate of drug-likeness (QED) is 0.461. The molecule has 0 radical (unpaired) electrons. The molecule has 0 aliphatic heterocycles. The van der Waals surface area contributed by atoms with Crippen molar-refractivity contribution in [2.75, 3.05) is 0 Å². The van der Waals surface area contributed by atoms with Crippen molar-refractivity contribution >= 4 is 34.4 Å². The Bertz CT molecular complexity index is 1300. The number of hydrogen-bond donors (Lipinski definition) is 3. The van der Waals surface area contributed by atoms with Crippen molar-refractivity contribution in [1.82, 2.24) is 0 Å². The van der Waals surface area contributed by atoms with Crippen molar-refractivity contribution in [3.8, 4) is 5.75 Å². The molecule has 2 aromatic rings. The van der Waals surface area contributed by atoms with Gasteiger partial charge < -0.3 is 19.9 Å². The predicted octanol–water partition coefficient (Wildman–Crippen LogP) is 2.98. The molecule has 0 saturated heterocycles. The summed E-state index contributed by atoms with van der Waals surface area (Å²) in [6, 6.07) is 8.55. The molecule has 9 heteroatoms. The number of hydrogen-bond acceptors (Lipinski definition) is 6. The van der Waals surface area contributed by atoms with Crippen LogP contribution in [0.5, 0.6) is 5.75 Å². The Morgan fingerprint density at radius 2 is 1.62 bits per heavy atom. The molecule has 0 fully saturated rings. The number of carbonyl (C=O) groups is 3. The highest BCUT2D eigenvalue weighted by molar-refractivity contribution is 7.79. The van der Waals surface area contributed by atoms with Crippen molar-refractivity contribution in [3.63, 3.8) is 0 Å². The van der Waals surface area contributed by atoms with Crippen LogP contribution in [-0.2, 0) is 20.7 Å². The maximum atomic E-state index is 12.3. The molecule has 0 aromatic heterocycles. The molecule has 0 spiro atoms. The van der Waals surface area contributed by atoms with E-state index in [0.717, 1.165) is 6.08 Å². The molecule has 1 atom stereocenters. The number of carboxylic acids is 2. The Morgan fingerprint density at radius 1 is 0.969 bits per heavy atom. The lowest BCUT2D eigenvalue weighted by molar-refractivity contribution is -0.134. The first-order valence-corrected chi connectivity index (χ1v) is 10.3. The second-order valence-corrected chi connectivity index (χ2v) is 7.98. The van der Waals surface area contributed by atoms with Gasteiger partial charge in [-0.05, 0) is 88.7 Å². The van der Waals surface area contributed by atoms with Crippen molar-refractivity contribution < 1.29 is 38.5 Å². The van der Waals surface area contributed by atoms with Gasteiger partial charge in [-0.15, -0.1) is 0 Å². The van der Waals surface area contributed by atoms with E-state index < -0.39 is 45.7 Å². The predicted molar refractivity (Wildman–Crippen MR) is 114 cm³/mol. The van der Waals surface area contributed by atoms with E-state index in [-0.39, 0.29) is 38.3 Å². The van der Waals surface area contributed by atoms with E-state index in [1.165, 1.54) is 50.3 Å². The maximum absolute atomic E-state index is 12.3. The van der Waals surface area contributed by atoms with E-state index in [4.69, 9.17) is 0 Å². The molecule has 3 N–H and O–H groups in total. The van der Waals surface area contributed by atoms with Crippen LogP contribution < -0.4 is 0 Å². The summed E-state index contributed by atoms with van der Waals surface area (Å²) in [5.41, 5.74) is 0.225. The molecule has 2 aromatic carbocycles. The van der Waals surface area contributed by atoms with E-state index in [1.54, 1.807) is 6.07 Å². The van der Waals surface area contributed by atoms with Crippen molar-refractivity contribution in [2.45, 2.75) is 18.7 Å². The molecule has 1 aliphatic rings. The summed E-state index contributed by atoms with van der Waals surface area (Å²) in [5.74, 6) is -3.98. The van der Waals surface area contributed by atoms with E-state index in [0.29, 0.717) is 0 Å². The molecule has 8 nitrogen and oxygen atoms in total. The lowest BCUT2D eigenvalue weighted by Gasteiger charge is -2.21. The zero-order valence-corrected chi connectivity index (χ0v) is 17.7. The maximum Gasteiger partial charge on any atom is 0.339 e. The molecule has 1 aliphatic carbocycles. The summed E-state index contributed by atoms with van der Waals surface area (Å²) in [7, 11) is 0. The van der Waals surface area contributed by atoms with Crippen LogP contribution in [-0.4, -0.2) is 41.8 Å². The lowest BCUT2D eigenvalue weighted by atomic mass is 9.85. The number of carboxylic acid groups (broad SMARTS) is 2. The van der Waals surface area contributed by atoms with Gasteiger partial charge in [0, 0.05) is 4.90 Å². The summed E-state index contributed by atoms with van der Waals surface area (Å²) in [4.78, 5) is 35.4. The molecule has 1 unspecified atom stereocenters. The lowest BCUT2D eigenvalue weighted by Crippen LogP contribution is -2.17. The van der Waals surface area contributed by atoms with Gasteiger partial charge in [0.1, 0.15) is 16.9 Å². The molecule has 0 bridgehead atoms. The number of ketones is 1. The standard InChI is InChI=1S/C23H18O8S/c1-11-7-13(9-16(20(11)24)22(26)27)19(15-5-3-4-6-18(15)32(30)31)14-8-12(2)21(25)17(10-14)23(28)29/h3-10,24H,1-2H3,(H,26,27)(H,28,29)(H,30,31)/p-1. The molecule has 0 saturated carbocycles. The Hall–Kier alpha value is -3.82. The smallest absolute Gasteiger partial charge is 0.339 e. The zero-order valence-electron chi connectivity index (χ0n) is 16.9. The van der Waals surface area contributed by atoms with Crippen LogP contribution in [0.25, 0.3) is 5.57 Å². The van der Waals surface area contributed by atoms with Crippen LogP contribution in [0.3, 0.4) is 0 Å². The zero-order chi connectivity index (χ0) is 23.7. The van der Waals surface area contributed by atoms with E-state index in [9.17, 15) is 38.5 Å². The minimum atomic E-state index is -2.67. The van der Waals surface area contributed by atoms with E-state index >= 15 is 0 Å². The van der Waals surface area contributed by atoms with Crippen LogP contribution >= 0.6 is 0 Å². The summed E-state index contributed by atoms with van der Waals surface area (Å²) < 4.78 is 23.8. The number of allylic oxidation sites excluding steroid dienone is 4. The van der Waals surface area contributed by atoms with Crippen LogP contribution in [0.15, 0.2) is 70.2 Å². The molecule has 0 amide bonds. The molecular formula is C23H17O8S-. The largest absolute Gasteiger partial charge is 0.768 e. The third kappa shape index (κ3) is 4.16. The van der Waals surface area contributed by atoms with Gasteiger partial charge in [-0.3, -0.25) is 9.00 Å². The SMILES string of the molecule is CC1=CC(=C(c2cc(C)c(O)c(C(=O)O)c2)c2ccccc2S(=O)[O-])C=C(C(=O)O)C1=O. The average molecular weight is 453 g/mol. The average Bonchev–Trinajstić information content (AvgIpc) is 2.72. The van der Waals surface area contributed by atoms with Crippen molar-refractivity contribution in [1.29, 1.82) is 0 Å². The third-order valence-corrected chi connectivity index (χ3v) is 5.66. The number of carbonyl (C=O) groups excluding carboxylic acids is 1. The monoisotopic (exact) mass is 453 g/mol. The van der Waals surface area contributed by atoms with Gasteiger partial charge in [0.2, 0.25) is 0 Å². The number of phenols is 1. The summed E-state index contributed by atoms with van der Waals surface area (Å²) in [5, 5.41) is 29.1. The Balaban J connectivity index is 2.50. The molecule has 3 rings (SSSR count). The minimum absolute atomic E-state index is 0.106. The summed E-state index contributed by atoms with van der Waals surface area (Å²) in [6.07, 6.45) is 2.54. The number of aromatic hydroxyl groups is 1. The van der Waals surface area contributed by atoms with Gasteiger partial charge >= 0.3 is 11.9 Å². The highest BCUT2D eigenvalue weighted by atomic mass is 32.2. The van der Waals surface area contributed by atoms with Crippen molar-refractivity contribution in [3.05, 3.63) is 87.5 Å². The first-order chi connectivity index (χ1) is 15.0. The van der Waals surface area contributed by atoms with Crippen LogP contribution in [0.1, 0.15) is 34.0 Å². The Morgan fingerprint density at radius 3 is 2.22 bits per heavy atom. The minimum Gasteiger partial charge on any atom is -0.768 e. The third-order valence-electron chi connectivity index (χ3n) is 4.95. The normalized spacial score (nSPS) is 16.2. The van der Waals surface area contributed by atoms with Gasteiger partial charge in [-0.1, -0.05) is 18.2 Å². The second-order valence-electron chi connectivity index (χ2n) is 7.08. The van der Waals surface area contributed by atoms with Crippen LogP contribution in [0.2, 0.25) is 0 Å². The molecule has 32 heavy (non-hydrogen) atoms. The second kappa shape index (κ2) is 8.74. The first-order valence-electron chi connectivity index (χ1n) is 9.21. The van der Waals surface area contributed by atoms with Gasteiger partial charge in [-0.2, -0.15) is 0 Å². The Kier molecular flexibility index (Phi) is 6.24. The number of aromatic carboxylic acids is 1. The van der Waals surface area contributed by atoms with E-state index in [2.05, 4.69) is 0 Å². The number of benzene rings is 2. The highest BCUT2D eigenvalue weighted by Crippen LogP contribution is 2.37. The van der Waals surface area contributed by atoms with Gasteiger partial charge in [0.15, 0.2) is 5.78 Å². The number of rotatable bonds is 5. The highest BCUT2D eigenvalue weighted by Gasteiger charge is 2.26. The summed E-state index contributed by atoms with van der Waals surface area (Å²) >= 11 is -2.67. The first kappa shape index (κ1) is 22.9. The molecule has 164 valence electrons. The molecule has 0 heterocycles. The summed E-state index contributed by atoms with van der Waals surface area (Å²) in [6.45, 7) is 2.91. The van der Waals surface area contributed by atoms with Gasteiger partial charge in [0.05, 0.1) is 0 Å². The fourth-order valence-corrected chi connectivity index (χ4v) is 4.00. The number of aliphatic carboxylic acids is 1. The fraction of sp³-hybridized carbons (Fsp3) is 0.0870. The number of Topliss-reactive ketones (excluding diaryl/α,β-unsaturated/α-hetero) is 1. The van der Waals surface area contributed by atoms with Crippen LogP contribution in [0.4, 0.5) is 0 Å². The Labute approximate surface area is 185 Å². The van der Waals surface area contributed by atoms with Crippen LogP contribution in [0, 0.1) is 6.92 Å². The molecular weight excluding hydrogens is 436 g/mol. The number of aryl methyl sites for hydroxylation is 1. The van der Waals surface area contributed by atoms with Gasteiger partial charge in [-0.25, -0.2) is 9.59 Å².